The number of methoxy groups -OCH3 is 1. The molecule has 0 spiro atoms. The summed E-state index contributed by atoms with van der Waals surface area (Å²) >= 11 is 3.34. The first kappa shape index (κ1) is 13.6. The van der Waals surface area contributed by atoms with Gasteiger partial charge in [-0.3, -0.25) is 4.79 Å². The number of carbonyl (C=O) groups is 1. The van der Waals surface area contributed by atoms with Crippen LogP contribution in [0, 0.1) is 0 Å². The summed E-state index contributed by atoms with van der Waals surface area (Å²) in [5.41, 5.74) is 5.99. The molecule has 2 rings (SSSR count). The lowest BCUT2D eigenvalue weighted by molar-refractivity contribution is 0.0994. The Labute approximate surface area is 118 Å². The molecule has 0 fully saturated rings. The highest BCUT2D eigenvalue weighted by atomic mass is 79.9. The normalized spacial score (nSPS) is 10.3. The number of benzene rings is 1. The van der Waals surface area contributed by atoms with Gasteiger partial charge in [-0.05, 0) is 30.3 Å². The van der Waals surface area contributed by atoms with Gasteiger partial charge in [0.2, 0.25) is 0 Å². The summed E-state index contributed by atoms with van der Waals surface area (Å²) in [6.07, 6.45) is 0. The van der Waals surface area contributed by atoms with E-state index in [4.69, 9.17) is 14.9 Å². The number of halogens is 1. The number of ether oxygens (including phenoxy) is 1. The molecular formula is C13H13BrN2O3. The Balaban J connectivity index is 2.20. The number of rotatable bonds is 4. The van der Waals surface area contributed by atoms with Crippen molar-refractivity contribution in [2.24, 2.45) is 5.73 Å². The summed E-state index contributed by atoms with van der Waals surface area (Å²) in [6.45, 7) is 0.257. The van der Waals surface area contributed by atoms with E-state index in [1.807, 2.05) is 6.07 Å². The van der Waals surface area contributed by atoms with E-state index in [2.05, 4.69) is 21.2 Å². The Kier molecular flexibility index (Phi) is 4.24. The number of nitrogens with one attached hydrogen (secondary N) is 1. The molecule has 19 heavy (non-hydrogen) atoms. The zero-order valence-electron chi connectivity index (χ0n) is 10.3. The van der Waals surface area contributed by atoms with Crippen molar-refractivity contribution in [3.8, 4) is 5.75 Å². The van der Waals surface area contributed by atoms with Crippen molar-refractivity contribution >= 4 is 27.5 Å². The second kappa shape index (κ2) is 5.90. The van der Waals surface area contributed by atoms with E-state index in [0.717, 1.165) is 4.47 Å². The molecule has 0 atom stereocenters. The van der Waals surface area contributed by atoms with Crippen LogP contribution < -0.4 is 15.8 Å². The standard InChI is InChI=1S/C13H13BrN2O3/c1-18-11-4-2-8(14)6-10(11)16-13(17)12-5-3-9(7-15)19-12/h2-6H,7,15H2,1H3,(H,16,17). The van der Waals surface area contributed by atoms with Crippen molar-refractivity contribution in [3.05, 3.63) is 46.3 Å². The molecule has 0 saturated heterocycles. The van der Waals surface area contributed by atoms with Crippen molar-refractivity contribution in [1.29, 1.82) is 0 Å². The van der Waals surface area contributed by atoms with E-state index in [-0.39, 0.29) is 18.2 Å². The number of anilines is 1. The van der Waals surface area contributed by atoms with Crippen LogP contribution in [0.2, 0.25) is 0 Å². The fourth-order valence-corrected chi connectivity index (χ4v) is 1.93. The molecule has 100 valence electrons. The fraction of sp³-hybridized carbons (Fsp3) is 0.154. The van der Waals surface area contributed by atoms with Gasteiger partial charge in [-0.2, -0.15) is 0 Å². The third-order valence-electron chi connectivity index (χ3n) is 2.50. The van der Waals surface area contributed by atoms with Crippen LogP contribution in [0.15, 0.2) is 39.2 Å². The van der Waals surface area contributed by atoms with Crippen LogP contribution in [0.3, 0.4) is 0 Å². The Hall–Kier alpha value is -1.79. The van der Waals surface area contributed by atoms with Gasteiger partial charge in [-0.15, -0.1) is 0 Å². The molecule has 3 N–H and O–H groups in total. The molecule has 1 aromatic heterocycles. The molecule has 1 heterocycles. The lowest BCUT2D eigenvalue weighted by Crippen LogP contribution is -2.11. The van der Waals surface area contributed by atoms with Crippen LogP contribution in [0.4, 0.5) is 5.69 Å². The Bertz CT molecular complexity index is 595. The third kappa shape index (κ3) is 3.15. The number of amides is 1. The van der Waals surface area contributed by atoms with Gasteiger partial charge in [0.1, 0.15) is 11.5 Å². The number of hydrogen-bond acceptors (Lipinski definition) is 4. The lowest BCUT2D eigenvalue weighted by atomic mass is 10.3. The molecule has 5 nitrogen and oxygen atoms in total. The van der Waals surface area contributed by atoms with Gasteiger partial charge in [0.05, 0.1) is 19.3 Å². The zero-order chi connectivity index (χ0) is 13.8. The van der Waals surface area contributed by atoms with Gasteiger partial charge in [0, 0.05) is 4.47 Å². The Morgan fingerprint density at radius 3 is 2.84 bits per heavy atom. The fourth-order valence-electron chi connectivity index (χ4n) is 1.57. The molecule has 0 radical (unpaired) electrons. The minimum Gasteiger partial charge on any atom is -0.495 e. The van der Waals surface area contributed by atoms with E-state index < -0.39 is 0 Å². The van der Waals surface area contributed by atoms with E-state index >= 15 is 0 Å². The summed E-state index contributed by atoms with van der Waals surface area (Å²) in [7, 11) is 1.54. The van der Waals surface area contributed by atoms with Crippen molar-refractivity contribution in [2.75, 3.05) is 12.4 Å². The molecule has 0 saturated carbocycles. The number of carbonyl (C=O) groups excluding carboxylic acids is 1. The molecule has 2 aromatic rings. The van der Waals surface area contributed by atoms with Crippen molar-refractivity contribution in [1.82, 2.24) is 0 Å². The van der Waals surface area contributed by atoms with E-state index in [1.165, 1.54) is 7.11 Å². The molecule has 0 aliphatic carbocycles. The molecule has 0 aliphatic heterocycles. The van der Waals surface area contributed by atoms with Crippen LogP contribution in [-0.4, -0.2) is 13.0 Å². The largest absolute Gasteiger partial charge is 0.495 e. The van der Waals surface area contributed by atoms with Crippen molar-refractivity contribution in [3.63, 3.8) is 0 Å². The van der Waals surface area contributed by atoms with Crippen LogP contribution in [0.25, 0.3) is 0 Å². The van der Waals surface area contributed by atoms with Gasteiger partial charge in [0.15, 0.2) is 5.76 Å². The molecule has 1 aromatic carbocycles. The highest BCUT2D eigenvalue weighted by Gasteiger charge is 2.13. The topological polar surface area (TPSA) is 77.5 Å². The van der Waals surface area contributed by atoms with Gasteiger partial charge in [0.25, 0.3) is 5.91 Å². The Morgan fingerprint density at radius 2 is 2.21 bits per heavy atom. The summed E-state index contributed by atoms with van der Waals surface area (Å²) in [4.78, 5) is 12.0. The smallest absolute Gasteiger partial charge is 0.291 e. The number of furan rings is 1. The first-order valence-corrected chi connectivity index (χ1v) is 6.37. The molecule has 0 unspecified atom stereocenters. The molecular weight excluding hydrogens is 312 g/mol. The predicted molar refractivity (Wildman–Crippen MR) is 75.2 cm³/mol. The van der Waals surface area contributed by atoms with Crippen molar-refractivity contribution < 1.29 is 13.9 Å². The van der Waals surface area contributed by atoms with Crippen LogP contribution in [0.1, 0.15) is 16.3 Å². The maximum Gasteiger partial charge on any atom is 0.291 e. The highest BCUT2D eigenvalue weighted by molar-refractivity contribution is 9.10. The van der Waals surface area contributed by atoms with E-state index in [1.54, 1.807) is 24.3 Å². The number of nitrogens with two attached hydrogens (primary N) is 1. The van der Waals surface area contributed by atoms with Gasteiger partial charge in [-0.1, -0.05) is 15.9 Å². The minimum atomic E-state index is -0.351. The van der Waals surface area contributed by atoms with Crippen LogP contribution >= 0.6 is 15.9 Å². The van der Waals surface area contributed by atoms with E-state index in [0.29, 0.717) is 17.2 Å². The zero-order valence-corrected chi connectivity index (χ0v) is 11.9. The summed E-state index contributed by atoms with van der Waals surface area (Å²) in [5, 5.41) is 2.73. The van der Waals surface area contributed by atoms with Gasteiger partial charge in [-0.25, -0.2) is 0 Å². The van der Waals surface area contributed by atoms with Crippen LogP contribution in [0.5, 0.6) is 5.75 Å². The maximum absolute atomic E-state index is 12.0. The van der Waals surface area contributed by atoms with E-state index in [9.17, 15) is 4.79 Å². The monoisotopic (exact) mass is 324 g/mol. The minimum absolute atomic E-state index is 0.211. The maximum atomic E-state index is 12.0. The summed E-state index contributed by atoms with van der Waals surface area (Å²) in [5.74, 6) is 0.993. The average molecular weight is 325 g/mol. The van der Waals surface area contributed by atoms with Gasteiger partial charge >= 0.3 is 0 Å². The van der Waals surface area contributed by atoms with Crippen LogP contribution in [-0.2, 0) is 6.54 Å². The summed E-state index contributed by atoms with van der Waals surface area (Å²) < 4.78 is 11.3. The second-order valence-electron chi connectivity index (χ2n) is 3.77. The first-order valence-electron chi connectivity index (χ1n) is 5.57. The van der Waals surface area contributed by atoms with Gasteiger partial charge < -0.3 is 20.2 Å². The third-order valence-corrected chi connectivity index (χ3v) is 2.99. The lowest BCUT2D eigenvalue weighted by Gasteiger charge is -2.09. The Morgan fingerprint density at radius 1 is 1.42 bits per heavy atom. The molecule has 0 aliphatic rings. The average Bonchev–Trinajstić information content (AvgIpc) is 2.88. The molecule has 0 bridgehead atoms. The first-order chi connectivity index (χ1) is 9.13. The molecule has 6 heteroatoms. The predicted octanol–water partition coefficient (Wildman–Crippen LogP) is 2.76. The summed E-state index contributed by atoms with van der Waals surface area (Å²) in [6, 6.07) is 8.60. The van der Waals surface area contributed by atoms with Crippen molar-refractivity contribution in [2.45, 2.75) is 6.54 Å². The SMILES string of the molecule is COc1ccc(Br)cc1NC(=O)c1ccc(CN)o1. The highest BCUT2D eigenvalue weighted by Crippen LogP contribution is 2.28. The second-order valence-corrected chi connectivity index (χ2v) is 4.68. The number of hydrogen-bond donors (Lipinski definition) is 2. The quantitative estimate of drug-likeness (QED) is 0.906. The molecule has 1 amide bonds.